The summed E-state index contributed by atoms with van der Waals surface area (Å²) in [5.74, 6) is 0. The van der Waals surface area contributed by atoms with Crippen molar-refractivity contribution in [2.75, 3.05) is 39.5 Å². The standard InChI is InChI=1S/C14H26N2O3/c1-11-9-18-13(7-15)8-16(11)12-2-4-19-14(6-12)3-5-17-10-14/h11-13H,2-10,15H2,1H3. The van der Waals surface area contributed by atoms with Crippen LogP contribution in [0.15, 0.2) is 0 Å². The van der Waals surface area contributed by atoms with Crippen LogP contribution in [0.3, 0.4) is 0 Å². The maximum Gasteiger partial charge on any atom is 0.0951 e. The van der Waals surface area contributed by atoms with Crippen molar-refractivity contribution < 1.29 is 14.2 Å². The first-order valence-corrected chi connectivity index (χ1v) is 7.51. The molecule has 3 saturated heterocycles. The van der Waals surface area contributed by atoms with Gasteiger partial charge in [0.2, 0.25) is 0 Å². The maximum absolute atomic E-state index is 6.03. The van der Waals surface area contributed by atoms with E-state index in [4.69, 9.17) is 19.9 Å². The number of nitrogens with two attached hydrogens (primary N) is 1. The van der Waals surface area contributed by atoms with Crippen molar-refractivity contribution in [3.05, 3.63) is 0 Å². The van der Waals surface area contributed by atoms with E-state index >= 15 is 0 Å². The number of ether oxygens (including phenoxy) is 3. The SMILES string of the molecule is CC1COC(CN)CN1C1CCOC2(CCOC2)C1. The minimum absolute atomic E-state index is 0.0147. The highest BCUT2D eigenvalue weighted by molar-refractivity contribution is 4.95. The van der Waals surface area contributed by atoms with Crippen molar-refractivity contribution in [3.8, 4) is 0 Å². The first kappa shape index (κ1) is 13.8. The van der Waals surface area contributed by atoms with Gasteiger partial charge in [-0.1, -0.05) is 0 Å². The van der Waals surface area contributed by atoms with Crippen LogP contribution >= 0.6 is 0 Å². The van der Waals surface area contributed by atoms with Gasteiger partial charge in [-0.15, -0.1) is 0 Å². The molecule has 3 aliphatic rings. The second-order valence-electron chi connectivity index (χ2n) is 6.22. The number of hydrogen-bond acceptors (Lipinski definition) is 5. The van der Waals surface area contributed by atoms with Gasteiger partial charge in [-0.2, -0.15) is 0 Å². The molecule has 2 N–H and O–H groups in total. The van der Waals surface area contributed by atoms with Gasteiger partial charge in [0.15, 0.2) is 0 Å². The van der Waals surface area contributed by atoms with E-state index in [1.807, 2.05) is 0 Å². The quantitative estimate of drug-likeness (QED) is 0.786. The highest BCUT2D eigenvalue weighted by Crippen LogP contribution is 2.35. The predicted molar refractivity (Wildman–Crippen MR) is 72.1 cm³/mol. The first-order valence-electron chi connectivity index (χ1n) is 7.51. The Bertz CT molecular complexity index is 307. The van der Waals surface area contributed by atoms with E-state index in [1.165, 1.54) is 0 Å². The lowest BCUT2D eigenvalue weighted by Gasteiger charge is -2.47. The van der Waals surface area contributed by atoms with Gasteiger partial charge >= 0.3 is 0 Å². The van der Waals surface area contributed by atoms with Gasteiger partial charge in [-0.05, 0) is 19.8 Å². The Balaban J connectivity index is 1.66. The molecule has 1 spiro atoms. The highest BCUT2D eigenvalue weighted by Gasteiger charge is 2.44. The van der Waals surface area contributed by atoms with Crippen molar-refractivity contribution in [2.45, 2.75) is 50.0 Å². The van der Waals surface area contributed by atoms with Crippen LogP contribution in [0.5, 0.6) is 0 Å². The van der Waals surface area contributed by atoms with E-state index in [2.05, 4.69) is 11.8 Å². The highest BCUT2D eigenvalue weighted by atomic mass is 16.6. The zero-order valence-electron chi connectivity index (χ0n) is 11.8. The van der Waals surface area contributed by atoms with Crippen molar-refractivity contribution >= 4 is 0 Å². The Morgan fingerprint density at radius 1 is 1.37 bits per heavy atom. The summed E-state index contributed by atoms with van der Waals surface area (Å²) in [5.41, 5.74) is 5.75. The number of hydrogen-bond donors (Lipinski definition) is 1. The van der Waals surface area contributed by atoms with Gasteiger partial charge in [0.25, 0.3) is 0 Å². The number of rotatable bonds is 2. The molecule has 0 bridgehead atoms. The number of nitrogens with zero attached hydrogens (tertiary/aromatic N) is 1. The van der Waals surface area contributed by atoms with E-state index in [-0.39, 0.29) is 11.7 Å². The molecule has 5 heteroatoms. The monoisotopic (exact) mass is 270 g/mol. The summed E-state index contributed by atoms with van der Waals surface area (Å²) in [6.45, 7) is 7.08. The molecule has 3 heterocycles. The molecule has 4 unspecified atom stereocenters. The molecule has 3 fully saturated rings. The van der Waals surface area contributed by atoms with Gasteiger partial charge in [0, 0.05) is 44.8 Å². The third-order valence-electron chi connectivity index (χ3n) is 4.82. The fourth-order valence-electron chi connectivity index (χ4n) is 3.64. The topological polar surface area (TPSA) is 57.0 Å². The molecule has 19 heavy (non-hydrogen) atoms. The third-order valence-corrected chi connectivity index (χ3v) is 4.82. The van der Waals surface area contributed by atoms with Gasteiger partial charge in [-0.25, -0.2) is 0 Å². The summed E-state index contributed by atoms with van der Waals surface area (Å²) >= 11 is 0. The van der Waals surface area contributed by atoms with Crippen LogP contribution in [0.1, 0.15) is 26.2 Å². The summed E-state index contributed by atoms with van der Waals surface area (Å²) in [6, 6.07) is 1.06. The molecule has 3 aliphatic heterocycles. The fraction of sp³-hybridized carbons (Fsp3) is 1.00. The van der Waals surface area contributed by atoms with Gasteiger partial charge < -0.3 is 19.9 Å². The fourth-order valence-corrected chi connectivity index (χ4v) is 3.64. The Labute approximate surface area is 115 Å². The molecule has 0 amide bonds. The van der Waals surface area contributed by atoms with Crippen molar-refractivity contribution in [1.29, 1.82) is 0 Å². The zero-order chi connectivity index (χ0) is 13.3. The Morgan fingerprint density at radius 2 is 2.26 bits per heavy atom. The average Bonchev–Trinajstić information content (AvgIpc) is 2.87. The molecule has 0 aliphatic carbocycles. The summed E-state index contributed by atoms with van der Waals surface area (Å²) in [6.07, 6.45) is 3.44. The van der Waals surface area contributed by atoms with Gasteiger partial charge in [0.1, 0.15) is 0 Å². The van der Waals surface area contributed by atoms with E-state index in [9.17, 15) is 0 Å². The van der Waals surface area contributed by atoms with Gasteiger partial charge in [0.05, 0.1) is 24.9 Å². The van der Waals surface area contributed by atoms with Crippen molar-refractivity contribution in [2.24, 2.45) is 5.73 Å². The van der Waals surface area contributed by atoms with Gasteiger partial charge in [-0.3, -0.25) is 4.90 Å². The molecule has 110 valence electrons. The summed E-state index contributed by atoms with van der Waals surface area (Å²) in [4.78, 5) is 2.59. The van der Waals surface area contributed by atoms with Crippen LogP contribution in [0.2, 0.25) is 0 Å². The molecule has 0 aromatic carbocycles. The summed E-state index contributed by atoms with van der Waals surface area (Å²) in [7, 11) is 0. The van der Waals surface area contributed by atoms with Crippen molar-refractivity contribution in [1.82, 2.24) is 4.90 Å². The van der Waals surface area contributed by atoms with E-state index < -0.39 is 0 Å². The molecular weight excluding hydrogens is 244 g/mol. The van der Waals surface area contributed by atoms with Crippen LogP contribution in [-0.2, 0) is 14.2 Å². The van der Waals surface area contributed by atoms with E-state index in [1.54, 1.807) is 0 Å². The molecule has 0 radical (unpaired) electrons. The zero-order valence-corrected chi connectivity index (χ0v) is 11.8. The normalized spacial score (nSPS) is 44.8. The Hall–Kier alpha value is -0.200. The molecule has 0 aromatic heterocycles. The molecular formula is C14H26N2O3. The summed E-state index contributed by atoms with van der Waals surface area (Å²) < 4.78 is 17.3. The van der Waals surface area contributed by atoms with Crippen LogP contribution in [0, 0.1) is 0 Å². The largest absolute Gasteiger partial charge is 0.378 e. The molecule has 3 rings (SSSR count). The third kappa shape index (κ3) is 2.81. The lowest BCUT2D eigenvalue weighted by molar-refractivity contribution is -0.135. The lowest BCUT2D eigenvalue weighted by atomic mass is 9.88. The maximum atomic E-state index is 6.03. The van der Waals surface area contributed by atoms with Crippen LogP contribution in [-0.4, -0.2) is 68.2 Å². The van der Waals surface area contributed by atoms with Crippen LogP contribution in [0.4, 0.5) is 0 Å². The lowest BCUT2D eigenvalue weighted by Crippen LogP contribution is -2.58. The first-order chi connectivity index (χ1) is 9.22. The molecule has 0 saturated carbocycles. The average molecular weight is 270 g/mol. The second kappa shape index (κ2) is 5.66. The van der Waals surface area contributed by atoms with Crippen LogP contribution < -0.4 is 5.73 Å². The van der Waals surface area contributed by atoms with Crippen LogP contribution in [0.25, 0.3) is 0 Å². The Morgan fingerprint density at radius 3 is 3.00 bits per heavy atom. The predicted octanol–water partition coefficient (Wildman–Crippen LogP) is 0.373. The molecule has 0 aromatic rings. The minimum atomic E-state index is -0.0147. The smallest absolute Gasteiger partial charge is 0.0951 e. The van der Waals surface area contributed by atoms with E-state index in [0.717, 1.165) is 52.2 Å². The molecule has 4 atom stereocenters. The number of morpholine rings is 1. The van der Waals surface area contributed by atoms with E-state index in [0.29, 0.717) is 18.6 Å². The Kier molecular flexibility index (Phi) is 4.10. The molecule has 5 nitrogen and oxygen atoms in total. The summed E-state index contributed by atoms with van der Waals surface area (Å²) in [5, 5.41) is 0. The minimum Gasteiger partial charge on any atom is -0.378 e. The van der Waals surface area contributed by atoms with Crippen molar-refractivity contribution in [3.63, 3.8) is 0 Å². The second-order valence-corrected chi connectivity index (χ2v) is 6.22.